The first-order valence-electron chi connectivity index (χ1n) is 11.6. The van der Waals surface area contributed by atoms with Crippen molar-refractivity contribution in [3.63, 3.8) is 0 Å². The number of hydrogen-bond donors (Lipinski definition) is 1. The lowest BCUT2D eigenvalue weighted by molar-refractivity contribution is -0.135. The third-order valence-electron chi connectivity index (χ3n) is 6.10. The van der Waals surface area contributed by atoms with Crippen molar-refractivity contribution in [1.82, 2.24) is 14.5 Å². The van der Waals surface area contributed by atoms with Gasteiger partial charge in [0.1, 0.15) is 11.4 Å². The van der Waals surface area contributed by atoms with Gasteiger partial charge in [-0.1, -0.05) is 31.5 Å². The number of fused-ring (bicyclic) bond motifs is 3. The molecule has 1 aliphatic carbocycles. The Kier molecular flexibility index (Phi) is 7.23. The average molecular weight is 467 g/mol. The maximum atomic E-state index is 13.3. The van der Waals surface area contributed by atoms with E-state index in [4.69, 9.17) is 0 Å². The van der Waals surface area contributed by atoms with E-state index in [9.17, 15) is 14.4 Å². The second-order valence-electron chi connectivity index (χ2n) is 8.60. The van der Waals surface area contributed by atoms with Gasteiger partial charge in [0.15, 0.2) is 0 Å². The lowest BCUT2D eigenvalue weighted by atomic mass is 10.1. The van der Waals surface area contributed by atoms with E-state index in [0.717, 1.165) is 47.3 Å². The molecule has 0 aliphatic heterocycles. The first-order valence-corrected chi connectivity index (χ1v) is 12.4. The monoisotopic (exact) mass is 466 g/mol. The van der Waals surface area contributed by atoms with Crippen molar-refractivity contribution in [1.29, 1.82) is 0 Å². The van der Waals surface area contributed by atoms with Crippen LogP contribution >= 0.6 is 11.3 Å². The minimum absolute atomic E-state index is 0.0563. The topological polar surface area (TPSA) is 84.3 Å². The molecule has 0 bridgehead atoms. The molecule has 33 heavy (non-hydrogen) atoms. The van der Waals surface area contributed by atoms with E-state index in [1.807, 2.05) is 38.1 Å². The largest absolute Gasteiger partial charge is 0.332 e. The fraction of sp³-hybridized carbons (Fsp3) is 0.440. The summed E-state index contributed by atoms with van der Waals surface area (Å²) in [6.45, 7) is 4.15. The molecule has 2 heterocycles. The molecule has 1 aromatic carbocycles. The number of hydrogen-bond acceptors (Lipinski definition) is 5. The standard InChI is InChI=1S/C25H30N4O3S/c1-3-13-28(14-21(30)27-19-11-8-7-9-17(19)2)22(31)15-29-16-26-24-23(25(29)32)18-10-5-4-6-12-20(18)33-24/h7-9,11,16H,3-6,10,12-15H2,1-2H3,(H,27,30). The predicted molar refractivity (Wildman–Crippen MR) is 132 cm³/mol. The Morgan fingerprint density at radius 2 is 1.97 bits per heavy atom. The fourth-order valence-electron chi connectivity index (χ4n) is 4.35. The van der Waals surface area contributed by atoms with E-state index in [0.29, 0.717) is 18.4 Å². The quantitative estimate of drug-likeness (QED) is 0.535. The van der Waals surface area contributed by atoms with Crippen molar-refractivity contribution >= 4 is 39.1 Å². The van der Waals surface area contributed by atoms with E-state index < -0.39 is 0 Å². The minimum atomic E-state index is -0.263. The molecule has 7 nitrogen and oxygen atoms in total. The maximum Gasteiger partial charge on any atom is 0.262 e. The Balaban J connectivity index is 1.52. The van der Waals surface area contributed by atoms with Crippen LogP contribution in [0.25, 0.3) is 10.2 Å². The molecule has 1 N–H and O–H groups in total. The number of rotatable bonds is 7. The number of benzene rings is 1. The molecule has 0 saturated carbocycles. The van der Waals surface area contributed by atoms with Crippen molar-refractivity contribution < 1.29 is 9.59 Å². The number of anilines is 1. The maximum absolute atomic E-state index is 13.3. The van der Waals surface area contributed by atoms with Gasteiger partial charge in [-0.25, -0.2) is 4.98 Å². The first-order chi connectivity index (χ1) is 16.0. The number of carbonyl (C=O) groups excluding carboxylic acids is 2. The van der Waals surface area contributed by atoms with Gasteiger partial charge in [-0.2, -0.15) is 0 Å². The number of thiophene rings is 1. The number of amides is 2. The summed E-state index contributed by atoms with van der Waals surface area (Å²) in [5.41, 5.74) is 2.65. The van der Waals surface area contributed by atoms with Gasteiger partial charge in [0.2, 0.25) is 11.8 Å². The highest BCUT2D eigenvalue weighted by Gasteiger charge is 2.22. The van der Waals surface area contributed by atoms with Crippen LogP contribution in [0, 0.1) is 6.92 Å². The molecule has 0 atom stereocenters. The molecule has 2 amide bonds. The van der Waals surface area contributed by atoms with Crippen LogP contribution in [0.15, 0.2) is 35.4 Å². The van der Waals surface area contributed by atoms with Crippen LogP contribution in [-0.2, 0) is 29.0 Å². The molecule has 4 rings (SSSR count). The molecule has 1 aliphatic rings. The average Bonchev–Trinajstić information content (AvgIpc) is 2.99. The van der Waals surface area contributed by atoms with Gasteiger partial charge in [-0.05, 0) is 56.2 Å². The normalized spacial score (nSPS) is 13.4. The van der Waals surface area contributed by atoms with Crippen molar-refractivity contribution in [3.05, 3.63) is 57.0 Å². The summed E-state index contributed by atoms with van der Waals surface area (Å²) in [4.78, 5) is 47.0. The SMILES string of the molecule is CCCN(CC(=O)Nc1ccccc1C)C(=O)Cn1cnc2sc3c(c2c1=O)CCCCC3. The van der Waals surface area contributed by atoms with Crippen molar-refractivity contribution in [2.75, 3.05) is 18.4 Å². The number of nitrogens with one attached hydrogen (secondary N) is 1. The van der Waals surface area contributed by atoms with Gasteiger partial charge >= 0.3 is 0 Å². The zero-order chi connectivity index (χ0) is 23.4. The molecule has 174 valence electrons. The third kappa shape index (κ3) is 5.16. The van der Waals surface area contributed by atoms with Crippen LogP contribution in [0.2, 0.25) is 0 Å². The molecule has 0 spiro atoms. The second-order valence-corrected chi connectivity index (χ2v) is 9.68. The lowest BCUT2D eigenvalue weighted by Crippen LogP contribution is -2.41. The molecule has 0 fully saturated rings. The smallest absolute Gasteiger partial charge is 0.262 e. The van der Waals surface area contributed by atoms with Crippen molar-refractivity contribution in [3.8, 4) is 0 Å². The Bertz CT molecular complexity index is 1230. The molecule has 0 unspecified atom stereocenters. The number of aromatic nitrogens is 2. The second kappa shape index (κ2) is 10.3. The number of aryl methyl sites for hydroxylation is 3. The Hall–Kier alpha value is -3.00. The van der Waals surface area contributed by atoms with E-state index in [2.05, 4.69) is 10.3 Å². The van der Waals surface area contributed by atoms with Gasteiger partial charge < -0.3 is 10.2 Å². The van der Waals surface area contributed by atoms with E-state index in [1.54, 1.807) is 11.3 Å². The Morgan fingerprint density at radius 1 is 1.18 bits per heavy atom. The summed E-state index contributed by atoms with van der Waals surface area (Å²) in [7, 11) is 0. The summed E-state index contributed by atoms with van der Waals surface area (Å²) < 4.78 is 1.39. The molecule has 3 aromatic rings. The van der Waals surface area contributed by atoms with Crippen LogP contribution < -0.4 is 10.9 Å². The highest BCUT2D eigenvalue weighted by molar-refractivity contribution is 7.18. The van der Waals surface area contributed by atoms with Gasteiger partial charge in [0.05, 0.1) is 18.3 Å². The number of carbonyl (C=O) groups is 2. The molecule has 8 heteroatoms. The highest BCUT2D eigenvalue weighted by Crippen LogP contribution is 2.32. The van der Waals surface area contributed by atoms with Crippen LogP contribution in [0.4, 0.5) is 5.69 Å². The molecular formula is C25H30N4O3S. The highest BCUT2D eigenvalue weighted by atomic mass is 32.1. The fourth-order valence-corrected chi connectivity index (χ4v) is 5.57. The van der Waals surface area contributed by atoms with E-state index >= 15 is 0 Å². The summed E-state index contributed by atoms with van der Waals surface area (Å²) >= 11 is 1.61. The molecule has 0 radical (unpaired) electrons. The zero-order valence-corrected chi connectivity index (χ0v) is 20.0. The molecular weight excluding hydrogens is 436 g/mol. The first kappa shape index (κ1) is 23.2. The summed E-state index contributed by atoms with van der Waals surface area (Å²) in [5.74, 6) is -0.517. The predicted octanol–water partition coefficient (Wildman–Crippen LogP) is 3.91. The molecule has 2 aromatic heterocycles. The summed E-state index contributed by atoms with van der Waals surface area (Å²) in [6, 6.07) is 7.53. The van der Waals surface area contributed by atoms with Crippen molar-refractivity contribution in [2.24, 2.45) is 0 Å². The minimum Gasteiger partial charge on any atom is -0.332 e. The van der Waals surface area contributed by atoms with Crippen LogP contribution in [0.3, 0.4) is 0 Å². The Morgan fingerprint density at radius 3 is 2.76 bits per heavy atom. The number of para-hydroxylation sites is 1. The Labute approximate surface area is 197 Å². The zero-order valence-electron chi connectivity index (χ0n) is 19.2. The van der Waals surface area contributed by atoms with Crippen molar-refractivity contribution in [2.45, 2.75) is 58.9 Å². The van der Waals surface area contributed by atoms with Crippen LogP contribution in [0.1, 0.15) is 48.6 Å². The van der Waals surface area contributed by atoms with Crippen LogP contribution in [0.5, 0.6) is 0 Å². The van der Waals surface area contributed by atoms with E-state index in [1.165, 1.54) is 27.1 Å². The van der Waals surface area contributed by atoms with E-state index in [-0.39, 0.29) is 30.5 Å². The molecule has 0 saturated heterocycles. The number of nitrogens with zero attached hydrogens (tertiary/aromatic N) is 3. The van der Waals surface area contributed by atoms with Gasteiger partial charge in [-0.15, -0.1) is 11.3 Å². The van der Waals surface area contributed by atoms with Gasteiger partial charge in [-0.3, -0.25) is 19.0 Å². The van der Waals surface area contributed by atoms with Gasteiger partial charge in [0.25, 0.3) is 5.56 Å². The summed E-state index contributed by atoms with van der Waals surface area (Å²) in [6.07, 6.45) is 7.46. The van der Waals surface area contributed by atoms with Crippen LogP contribution in [-0.4, -0.2) is 39.4 Å². The van der Waals surface area contributed by atoms with Gasteiger partial charge in [0, 0.05) is 17.1 Å². The summed E-state index contributed by atoms with van der Waals surface area (Å²) in [5, 5.41) is 3.55. The lowest BCUT2D eigenvalue weighted by Gasteiger charge is -2.22. The third-order valence-corrected chi connectivity index (χ3v) is 7.30.